The summed E-state index contributed by atoms with van der Waals surface area (Å²) in [5.41, 5.74) is 1.45. The predicted octanol–water partition coefficient (Wildman–Crippen LogP) is 3.76. The van der Waals surface area contributed by atoms with Gasteiger partial charge in [-0.25, -0.2) is 0 Å². The topological polar surface area (TPSA) is 75.7 Å². The van der Waals surface area contributed by atoms with Crippen LogP contribution in [0.2, 0.25) is 0 Å². The predicted molar refractivity (Wildman–Crippen MR) is 105 cm³/mol. The van der Waals surface area contributed by atoms with Gasteiger partial charge >= 0.3 is 0 Å². The van der Waals surface area contributed by atoms with Crippen molar-refractivity contribution in [2.24, 2.45) is 0 Å². The van der Waals surface area contributed by atoms with Crippen molar-refractivity contribution in [3.63, 3.8) is 0 Å². The Labute approximate surface area is 161 Å². The van der Waals surface area contributed by atoms with E-state index in [0.29, 0.717) is 16.3 Å². The Morgan fingerprint density at radius 3 is 2.48 bits per heavy atom. The fourth-order valence-electron chi connectivity index (χ4n) is 2.48. The first-order valence-electron chi connectivity index (χ1n) is 8.34. The van der Waals surface area contributed by atoms with Gasteiger partial charge in [0, 0.05) is 12.6 Å². The molecule has 0 atom stereocenters. The van der Waals surface area contributed by atoms with E-state index in [1.54, 1.807) is 30.3 Å². The molecule has 1 fully saturated rings. The van der Waals surface area contributed by atoms with Crippen LogP contribution in [0.4, 0.5) is 10.5 Å². The van der Waals surface area contributed by atoms with Gasteiger partial charge in [-0.2, -0.15) is 0 Å². The fourth-order valence-corrected chi connectivity index (χ4v) is 3.35. The maximum atomic E-state index is 12.5. The smallest absolute Gasteiger partial charge is 0.293 e. The van der Waals surface area contributed by atoms with Gasteiger partial charge < -0.3 is 10.1 Å². The van der Waals surface area contributed by atoms with E-state index in [9.17, 15) is 14.4 Å². The lowest BCUT2D eigenvalue weighted by Crippen LogP contribution is -2.32. The average Bonchev–Trinajstić information content (AvgIpc) is 2.91. The Morgan fingerprint density at radius 1 is 1.11 bits per heavy atom. The van der Waals surface area contributed by atoms with Gasteiger partial charge in [0.25, 0.3) is 11.1 Å². The van der Waals surface area contributed by atoms with Gasteiger partial charge in [-0.1, -0.05) is 30.3 Å². The van der Waals surface area contributed by atoms with Crippen LogP contribution in [0.15, 0.2) is 59.5 Å². The molecule has 1 N–H and O–H groups in total. The molecule has 3 amide bonds. The van der Waals surface area contributed by atoms with E-state index >= 15 is 0 Å². The summed E-state index contributed by atoms with van der Waals surface area (Å²) >= 11 is 0.911. The molecule has 0 saturated carbocycles. The highest BCUT2D eigenvalue weighted by Gasteiger charge is 2.34. The van der Waals surface area contributed by atoms with Gasteiger partial charge in [0.05, 0.1) is 11.4 Å². The van der Waals surface area contributed by atoms with Crippen molar-refractivity contribution < 1.29 is 19.1 Å². The highest BCUT2D eigenvalue weighted by Crippen LogP contribution is 2.32. The number of nitrogens with one attached hydrogen (secondary N) is 1. The van der Waals surface area contributed by atoms with Gasteiger partial charge in [0.2, 0.25) is 5.91 Å². The minimum absolute atomic E-state index is 0.151. The minimum atomic E-state index is -0.326. The van der Waals surface area contributed by atoms with Crippen molar-refractivity contribution in [1.29, 1.82) is 0 Å². The summed E-state index contributed by atoms with van der Waals surface area (Å²) in [5.74, 6) is 0.216. The molecule has 1 heterocycles. The Kier molecular flexibility index (Phi) is 5.93. The maximum absolute atomic E-state index is 12.5. The van der Waals surface area contributed by atoms with Gasteiger partial charge in [-0.3, -0.25) is 19.3 Å². The number of amides is 3. The molecule has 1 aliphatic rings. The van der Waals surface area contributed by atoms with Crippen LogP contribution in [0.3, 0.4) is 0 Å². The number of benzene rings is 2. The van der Waals surface area contributed by atoms with Crippen LogP contribution >= 0.6 is 11.8 Å². The Hall–Kier alpha value is -3.06. The first-order valence-corrected chi connectivity index (χ1v) is 9.15. The third-order valence-electron chi connectivity index (χ3n) is 3.73. The lowest BCUT2D eigenvalue weighted by Gasteiger charge is -2.13. The summed E-state index contributed by atoms with van der Waals surface area (Å²) in [5, 5.41) is 2.37. The lowest BCUT2D eigenvalue weighted by molar-refractivity contribution is -0.123. The first-order chi connectivity index (χ1) is 13.0. The molecule has 1 aliphatic heterocycles. The van der Waals surface area contributed by atoms with Crippen molar-refractivity contribution in [3.8, 4) is 5.75 Å². The van der Waals surface area contributed by atoms with Crippen molar-refractivity contribution >= 4 is 40.6 Å². The largest absolute Gasteiger partial charge is 0.492 e. The molecular formula is C20H18N2O4S. The van der Waals surface area contributed by atoms with Crippen LogP contribution in [0, 0.1) is 0 Å². The van der Waals surface area contributed by atoms with Crippen LogP contribution in [0.1, 0.15) is 12.5 Å². The van der Waals surface area contributed by atoms with E-state index in [1.807, 2.05) is 30.3 Å². The lowest BCUT2D eigenvalue weighted by atomic mass is 10.2. The maximum Gasteiger partial charge on any atom is 0.293 e. The van der Waals surface area contributed by atoms with E-state index < -0.39 is 0 Å². The average molecular weight is 382 g/mol. The summed E-state index contributed by atoms with van der Waals surface area (Å²) in [6.45, 7) is 1.87. The molecule has 3 rings (SSSR count). The van der Waals surface area contributed by atoms with Gasteiger partial charge in [0.1, 0.15) is 12.4 Å². The zero-order valence-corrected chi connectivity index (χ0v) is 15.5. The molecule has 0 spiro atoms. The van der Waals surface area contributed by atoms with E-state index in [1.165, 1.54) is 11.8 Å². The van der Waals surface area contributed by atoms with Crippen molar-refractivity contribution in [2.75, 3.05) is 18.5 Å². The third kappa shape index (κ3) is 4.98. The molecule has 27 heavy (non-hydrogen) atoms. The third-order valence-corrected chi connectivity index (χ3v) is 4.64. The highest BCUT2D eigenvalue weighted by atomic mass is 32.2. The SMILES string of the molecule is CC(=O)Nc1ccc(/C=C2\SC(=O)N(CCOc3ccccc3)C2=O)cc1. The van der Waals surface area contributed by atoms with Crippen LogP contribution in [0.25, 0.3) is 6.08 Å². The molecule has 2 aromatic carbocycles. The zero-order chi connectivity index (χ0) is 19.2. The zero-order valence-electron chi connectivity index (χ0n) is 14.7. The summed E-state index contributed by atoms with van der Waals surface area (Å²) in [6.07, 6.45) is 1.67. The Bertz CT molecular complexity index is 879. The fraction of sp³-hybridized carbons (Fsp3) is 0.150. The second-order valence-corrected chi connectivity index (χ2v) is 6.79. The molecule has 0 unspecified atom stereocenters. The number of hydrogen-bond acceptors (Lipinski definition) is 5. The minimum Gasteiger partial charge on any atom is -0.492 e. The quantitative estimate of drug-likeness (QED) is 0.770. The van der Waals surface area contributed by atoms with E-state index in [0.717, 1.165) is 17.3 Å². The molecule has 2 aromatic rings. The second kappa shape index (κ2) is 8.55. The van der Waals surface area contributed by atoms with Crippen LogP contribution in [-0.4, -0.2) is 35.1 Å². The van der Waals surface area contributed by atoms with Crippen molar-refractivity contribution in [2.45, 2.75) is 6.92 Å². The monoisotopic (exact) mass is 382 g/mol. The molecule has 0 aromatic heterocycles. The number of anilines is 1. The normalized spacial score (nSPS) is 15.3. The highest BCUT2D eigenvalue weighted by molar-refractivity contribution is 8.18. The molecule has 0 radical (unpaired) electrons. The molecule has 0 aliphatic carbocycles. The van der Waals surface area contributed by atoms with Crippen LogP contribution < -0.4 is 10.1 Å². The van der Waals surface area contributed by atoms with Crippen molar-refractivity contribution in [1.82, 2.24) is 4.90 Å². The second-order valence-electron chi connectivity index (χ2n) is 5.80. The summed E-state index contributed by atoms with van der Waals surface area (Å²) in [4.78, 5) is 37.2. The number of imide groups is 1. The van der Waals surface area contributed by atoms with Gasteiger partial charge in [-0.15, -0.1) is 0 Å². The summed E-state index contributed by atoms with van der Waals surface area (Å²) in [7, 11) is 0. The summed E-state index contributed by atoms with van der Waals surface area (Å²) in [6, 6.07) is 16.3. The number of nitrogens with zero attached hydrogens (tertiary/aromatic N) is 1. The molecule has 138 valence electrons. The van der Waals surface area contributed by atoms with Gasteiger partial charge in [0.15, 0.2) is 0 Å². The van der Waals surface area contributed by atoms with Crippen molar-refractivity contribution in [3.05, 3.63) is 65.1 Å². The molecule has 6 nitrogen and oxygen atoms in total. The van der Waals surface area contributed by atoms with E-state index in [2.05, 4.69) is 5.32 Å². The van der Waals surface area contributed by atoms with Crippen LogP contribution in [0.5, 0.6) is 5.75 Å². The number of rotatable bonds is 6. The summed E-state index contributed by atoms with van der Waals surface area (Å²) < 4.78 is 5.55. The number of ether oxygens (including phenoxy) is 1. The number of carbonyl (C=O) groups excluding carboxylic acids is 3. The number of para-hydroxylation sites is 1. The van der Waals surface area contributed by atoms with Crippen LogP contribution in [-0.2, 0) is 9.59 Å². The standard InChI is InChI=1S/C20H18N2O4S/c1-14(23)21-16-9-7-15(8-10-16)13-18-19(24)22(20(25)27-18)11-12-26-17-5-3-2-4-6-17/h2-10,13H,11-12H2,1H3,(H,21,23)/b18-13-. The Balaban J connectivity index is 1.61. The van der Waals surface area contributed by atoms with E-state index in [4.69, 9.17) is 4.74 Å². The molecule has 0 bridgehead atoms. The molecule has 1 saturated heterocycles. The number of thioether (sulfide) groups is 1. The first kappa shape index (κ1) is 18.7. The molecule has 7 heteroatoms. The number of carbonyl (C=O) groups is 3. The number of hydrogen-bond donors (Lipinski definition) is 1. The Morgan fingerprint density at radius 2 is 1.81 bits per heavy atom. The van der Waals surface area contributed by atoms with E-state index in [-0.39, 0.29) is 30.2 Å². The molecular weight excluding hydrogens is 364 g/mol. The van der Waals surface area contributed by atoms with Gasteiger partial charge in [-0.05, 0) is 47.7 Å².